The largest absolute Gasteiger partial charge is 0.354 e. The lowest BCUT2D eigenvalue weighted by Crippen LogP contribution is -2.23. The molecular formula is C11H16ClN3. The minimum absolute atomic E-state index is 0.420. The van der Waals surface area contributed by atoms with Crippen LogP contribution in [0.15, 0.2) is 12.4 Å². The van der Waals surface area contributed by atoms with Crippen LogP contribution in [0.2, 0.25) is 5.02 Å². The van der Waals surface area contributed by atoms with Crippen LogP contribution >= 0.6 is 11.6 Å². The quantitative estimate of drug-likeness (QED) is 0.859. The highest BCUT2D eigenvalue weighted by Gasteiger charge is 2.28. The summed E-state index contributed by atoms with van der Waals surface area (Å²) in [5.74, 6) is 0.674. The predicted molar refractivity (Wildman–Crippen MR) is 62.1 cm³/mol. The maximum absolute atomic E-state index is 5.71. The van der Waals surface area contributed by atoms with Crippen molar-refractivity contribution in [1.29, 1.82) is 0 Å². The molecule has 82 valence electrons. The average Bonchev–Trinajstić information content (AvgIpc) is 2.65. The summed E-state index contributed by atoms with van der Waals surface area (Å²) in [5, 5.41) is 3.85. The fourth-order valence-corrected chi connectivity index (χ4v) is 2.20. The number of hydrogen-bond donors (Lipinski definition) is 1. The summed E-state index contributed by atoms with van der Waals surface area (Å²) in [6.45, 7) is 3.28. The van der Waals surface area contributed by atoms with Crippen LogP contribution in [-0.2, 0) is 0 Å². The van der Waals surface area contributed by atoms with Crippen LogP contribution in [0.3, 0.4) is 0 Å². The lowest BCUT2D eigenvalue weighted by molar-refractivity contribution is 0.361. The Morgan fingerprint density at radius 1 is 1.33 bits per heavy atom. The molecule has 0 amide bonds. The summed E-state index contributed by atoms with van der Waals surface area (Å²) in [6, 6.07) is 0. The lowest BCUT2D eigenvalue weighted by atomic mass is 9.89. The summed E-state index contributed by atoms with van der Waals surface area (Å²) >= 11 is 5.71. The van der Waals surface area contributed by atoms with E-state index in [2.05, 4.69) is 22.2 Å². The molecule has 0 saturated heterocycles. The second kappa shape index (κ2) is 4.35. The molecule has 0 atom stereocenters. The van der Waals surface area contributed by atoms with Gasteiger partial charge in [0.05, 0.1) is 17.4 Å². The molecule has 0 unspecified atom stereocenters. The van der Waals surface area contributed by atoms with Gasteiger partial charge in [0.25, 0.3) is 0 Å². The molecule has 4 heteroatoms. The van der Waals surface area contributed by atoms with E-state index in [0.29, 0.717) is 16.4 Å². The number of anilines is 1. The topological polar surface area (TPSA) is 37.8 Å². The van der Waals surface area contributed by atoms with E-state index < -0.39 is 0 Å². The molecule has 1 aliphatic rings. The second-order valence-corrected chi connectivity index (χ2v) is 5.03. The van der Waals surface area contributed by atoms with Crippen LogP contribution in [0.1, 0.15) is 32.6 Å². The molecule has 0 aliphatic heterocycles. The van der Waals surface area contributed by atoms with Crippen molar-refractivity contribution in [3.8, 4) is 0 Å². The van der Waals surface area contributed by atoms with Gasteiger partial charge in [-0.25, -0.2) is 9.97 Å². The van der Waals surface area contributed by atoms with Crippen LogP contribution in [-0.4, -0.2) is 16.5 Å². The molecule has 1 saturated carbocycles. The summed E-state index contributed by atoms with van der Waals surface area (Å²) < 4.78 is 0. The van der Waals surface area contributed by atoms with E-state index in [1.54, 1.807) is 12.4 Å². The molecule has 1 heterocycles. The molecule has 1 N–H and O–H groups in total. The number of aromatic nitrogens is 2. The first-order valence-corrected chi connectivity index (χ1v) is 5.77. The van der Waals surface area contributed by atoms with Gasteiger partial charge in [-0.3, -0.25) is 0 Å². The normalized spacial score (nSPS) is 19.1. The second-order valence-electron chi connectivity index (χ2n) is 4.60. The number of nitrogens with zero attached hydrogens (tertiary/aromatic N) is 2. The molecule has 1 aromatic heterocycles. The van der Waals surface area contributed by atoms with Gasteiger partial charge < -0.3 is 5.32 Å². The summed E-state index contributed by atoms with van der Waals surface area (Å²) in [7, 11) is 0. The molecule has 2 rings (SSSR count). The molecular weight excluding hydrogens is 210 g/mol. The maximum Gasteiger partial charge on any atom is 0.222 e. The van der Waals surface area contributed by atoms with Crippen molar-refractivity contribution in [2.24, 2.45) is 5.41 Å². The minimum atomic E-state index is 0.420. The Morgan fingerprint density at radius 2 is 1.93 bits per heavy atom. The Balaban J connectivity index is 1.90. The molecule has 0 aromatic carbocycles. The van der Waals surface area contributed by atoms with Gasteiger partial charge in [0.15, 0.2) is 0 Å². The van der Waals surface area contributed by atoms with E-state index in [1.165, 1.54) is 25.7 Å². The maximum atomic E-state index is 5.71. The summed E-state index contributed by atoms with van der Waals surface area (Å²) in [5.41, 5.74) is 0.420. The minimum Gasteiger partial charge on any atom is -0.354 e. The Hall–Kier alpha value is -0.830. The van der Waals surface area contributed by atoms with Crippen molar-refractivity contribution in [1.82, 2.24) is 9.97 Å². The van der Waals surface area contributed by atoms with Crippen molar-refractivity contribution in [2.75, 3.05) is 11.9 Å². The third kappa shape index (κ3) is 2.81. The zero-order valence-corrected chi connectivity index (χ0v) is 9.72. The van der Waals surface area contributed by atoms with Crippen LogP contribution in [0, 0.1) is 5.41 Å². The number of hydrogen-bond acceptors (Lipinski definition) is 3. The first kappa shape index (κ1) is 10.7. The first-order valence-electron chi connectivity index (χ1n) is 5.39. The fraction of sp³-hybridized carbons (Fsp3) is 0.636. The SMILES string of the molecule is CC1(CNc2ncc(Cl)cn2)CCCC1. The fourth-order valence-electron chi connectivity index (χ4n) is 2.10. The molecule has 15 heavy (non-hydrogen) atoms. The molecule has 0 radical (unpaired) electrons. The smallest absolute Gasteiger partial charge is 0.222 e. The van der Waals surface area contributed by atoms with Crippen molar-refractivity contribution < 1.29 is 0 Å². The molecule has 1 aromatic rings. The van der Waals surface area contributed by atoms with Crippen LogP contribution < -0.4 is 5.32 Å². The van der Waals surface area contributed by atoms with E-state index in [9.17, 15) is 0 Å². The highest BCUT2D eigenvalue weighted by Crippen LogP contribution is 2.37. The van der Waals surface area contributed by atoms with Gasteiger partial charge in [0, 0.05) is 6.54 Å². The van der Waals surface area contributed by atoms with Crippen molar-refractivity contribution in [2.45, 2.75) is 32.6 Å². The Kier molecular flexibility index (Phi) is 3.10. The molecule has 1 fully saturated rings. The van der Waals surface area contributed by atoms with Crippen LogP contribution in [0.5, 0.6) is 0 Å². The Morgan fingerprint density at radius 3 is 2.53 bits per heavy atom. The molecule has 3 nitrogen and oxygen atoms in total. The van der Waals surface area contributed by atoms with E-state index >= 15 is 0 Å². The Labute approximate surface area is 95.3 Å². The first-order chi connectivity index (χ1) is 7.18. The summed E-state index contributed by atoms with van der Waals surface area (Å²) in [6.07, 6.45) is 8.53. The third-order valence-electron chi connectivity index (χ3n) is 3.10. The number of halogens is 1. The Bertz CT molecular complexity index is 317. The predicted octanol–water partition coefficient (Wildman–Crippen LogP) is 3.12. The zero-order chi connectivity index (χ0) is 10.7. The molecule has 1 aliphatic carbocycles. The van der Waals surface area contributed by atoms with E-state index in [1.807, 2.05) is 0 Å². The van der Waals surface area contributed by atoms with Gasteiger partial charge in [0.2, 0.25) is 5.95 Å². The molecule has 0 spiro atoms. The van der Waals surface area contributed by atoms with Crippen LogP contribution in [0.25, 0.3) is 0 Å². The van der Waals surface area contributed by atoms with Crippen LogP contribution in [0.4, 0.5) is 5.95 Å². The van der Waals surface area contributed by atoms with Gasteiger partial charge in [-0.1, -0.05) is 31.4 Å². The van der Waals surface area contributed by atoms with E-state index in [4.69, 9.17) is 11.6 Å². The monoisotopic (exact) mass is 225 g/mol. The summed E-state index contributed by atoms with van der Waals surface area (Å²) in [4.78, 5) is 8.23. The van der Waals surface area contributed by atoms with Gasteiger partial charge >= 0.3 is 0 Å². The van der Waals surface area contributed by atoms with Gasteiger partial charge in [0.1, 0.15) is 0 Å². The highest BCUT2D eigenvalue weighted by atomic mass is 35.5. The van der Waals surface area contributed by atoms with Crippen molar-refractivity contribution in [3.05, 3.63) is 17.4 Å². The zero-order valence-electron chi connectivity index (χ0n) is 8.96. The van der Waals surface area contributed by atoms with Gasteiger partial charge in [-0.05, 0) is 18.3 Å². The number of rotatable bonds is 3. The van der Waals surface area contributed by atoms with Crippen molar-refractivity contribution >= 4 is 17.5 Å². The lowest BCUT2D eigenvalue weighted by Gasteiger charge is -2.23. The van der Waals surface area contributed by atoms with Gasteiger partial charge in [-0.15, -0.1) is 0 Å². The van der Waals surface area contributed by atoms with Crippen molar-refractivity contribution in [3.63, 3.8) is 0 Å². The average molecular weight is 226 g/mol. The van der Waals surface area contributed by atoms with E-state index in [0.717, 1.165) is 6.54 Å². The highest BCUT2D eigenvalue weighted by molar-refractivity contribution is 6.30. The molecule has 0 bridgehead atoms. The van der Waals surface area contributed by atoms with E-state index in [-0.39, 0.29) is 0 Å². The number of nitrogens with one attached hydrogen (secondary N) is 1. The standard InChI is InChI=1S/C11H16ClN3/c1-11(4-2-3-5-11)8-15-10-13-6-9(12)7-14-10/h6-7H,2-5,8H2,1H3,(H,13,14,15). The van der Waals surface area contributed by atoms with Gasteiger partial charge in [-0.2, -0.15) is 0 Å². The third-order valence-corrected chi connectivity index (χ3v) is 3.30.